The highest BCUT2D eigenvalue weighted by Gasteiger charge is 2.10. The van der Waals surface area contributed by atoms with E-state index in [9.17, 15) is 4.79 Å². The van der Waals surface area contributed by atoms with Crippen molar-refractivity contribution in [3.8, 4) is 5.75 Å². The van der Waals surface area contributed by atoms with Gasteiger partial charge in [0.25, 0.3) is 5.91 Å². The van der Waals surface area contributed by atoms with E-state index in [0.717, 1.165) is 21.5 Å². The summed E-state index contributed by atoms with van der Waals surface area (Å²) in [6, 6.07) is 13.4. The minimum atomic E-state index is -0.0933. The highest BCUT2D eigenvalue weighted by atomic mass is 32.1. The number of aromatic nitrogens is 1. The Morgan fingerprint density at radius 1 is 1.27 bits per heavy atom. The average molecular weight is 370 g/mol. The number of pyridine rings is 1. The minimum Gasteiger partial charge on any atom is -0.491 e. The van der Waals surface area contributed by atoms with Gasteiger partial charge >= 0.3 is 0 Å². The first-order valence-corrected chi connectivity index (χ1v) is 9.43. The summed E-state index contributed by atoms with van der Waals surface area (Å²) < 4.78 is 11.2. The lowest BCUT2D eigenvalue weighted by Crippen LogP contribution is -2.22. The first-order valence-electron chi connectivity index (χ1n) is 8.62. The molecule has 1 aromatic carbocycles. The molecule has 5 nitrogen and oxygen atoms in total. The number of carbonyl (C=O) groups is 1. The van der Waals surface area contributed by atoms with Crippen LogP contribution in [0.25, 0.3) is 10.2 Å². The van der Waals surface area contributed by atoms with Gasteiger partial charge in [-0.15, -0.1) is 11.3 Å². The average Bonchev–Trinajstić information content (AvgIpc) is 3.09. The molecule has 0 saturated carbocycles. The predicted molar refractivity (Wildman–Crippen MR) is 104 cm³/mol. The Kier molecular flexibility index (Phi) is 6.20. The molecule has 1 N–H and O–H groups in total. The summed E-state index contributed by atoms with van der Waals surface area (Å²) in [5.74, 6) is 0.679. The molecule has 0 fully saturated rings. The van der Waals surface area contributed by atoms with E-state index in [2.05, 4.69) is 10.3 Å². The van der Waals surface area contributed by atoms with Gasteiger partial charge in [0.2, 0.25) is 0 Å². The molecule has 1 amide bonds. The highest BCUT2D eigenvalue weighted by Crippen LogP contribution is 2.23. The number of benzene rings is 1. The molecule has 1 unspecified atom stereocenters. The maximum atomic E-state index is 12.4. The number of thiophene rings is 1. The first-order chi connectivity index (χ1) is 12.7. The molecule has 0 aliphatic rings. The molecule has 2 aromatic heterocycles. The Morgan fingerprint density at radius 2 is 2.15 bits per heavy atom. The van der Waals surface area contributed by atoms with E-state index in [1.54, 1.807) is 6.20 Å². The second-order valence-corrected chi connectivity index (χ2v) is 6.95. The molecule has 0 aliphatic heterocycles. The highest BCUT2D eigenvalue weighted by molar-refractivity contribution is 7.20. The Hall–Kier alpha value is -2.44. The van der Waals surface area contributed by atoms with Gasteiger partial charge in [0, 0.05) is 24.7 Å². The van der Waals surface area contributed by atoms with Crippen molar-refractivity contribution in [2.75, 3.05) is 13.2 Å². The fourth-order valence-electron chi connectivity index (χ4n) is 2.55. The summed E-state index contributed by atoms with van der Waals surface area (Å²) in [5.41, 5.74) is 0.985. The molecule has 1 atom stereocenters. The molecule has 0 bridgehead atoms. The van der Waals surface area contributed by atoms with E-state index < -0.39 is 0 Å². The second-order valence-electron chi connectivity index (χ2n) is 5.92. The van der Waals surface area contributed by atoms with Gasteiger partial charge in [-0.2, -0.15) is 0 Å². The molecule has 2 heterocycles. The predicted octanol–water partition coefficient (Wildman–Crippen LogP) is 4.03. The van der Waals surface area contributed by atoms with Crippen molar-refractivity contribution in [3.05, 3.63) is 59.1 Å². The number of hydrogen-bond donors (Lipinski definition) is 1. The van der Waals surface area contributed by atoms with Gasteiger partial charge < -0.3 is 14.8 Å². The van der Waals surface area contributed by atoms with Gasteiger partial charge in [-0.05, 0) is 43.7 Å². The van der Waals surface area contributed by atoms with Crippen molar-refractivity contribution in [3.63, 3.8) is 0 Å². The van der Waals surface area contributed by atoms with E-state index in [1.807, 2.05) is 56.3 Å². The maximum absolute atomic E-state index is 12.4. The zero-order valence-corrected chi connectivity index (χ0v) is 15.7. The summed E-state index contributed by atoms with van der Waals surface area (Å²) >= 11 is 1.40. The minimum absolute atomic E-state index is 0.0462. The van der Waals surface area contributed by atoms with E-state index in [4.69, 9.17) is 9.47 Å². The van der Waals surface area contributed by atoms with E-state index >= 15 is 0 Å². The lowest BCUT2D eigenvalue weighted by Gasteiger charge is -2.13. The largest absolute Gasteiger partial charge is 0.491 e. The summed E-state index contributed by atoms with van der Waals surface area (Å²) in [6.45, 7) is 5.56. The zero-order valence-electron chi connectivity index (χ0n) is 14.9. The monoisotopic (exact) mass is 370 g/mol. The normalized spacial score (nSPS) is 12.1. The van der Waals surface area contributed by atoms with E-state index in [0.29, 0.717) is 24.6 Å². The Balaban J connectivity index is 1.57. The third-order valence-electron chi connectivity index (χ3n) is 3.81. The number of nitrogens with one attached hydrogen (secondary N) is 1. The third kappa shape index (κ3) is 4.80. The lowest BCUT2D eigenvalue weighted by atomic mass is 10.2. The van der Waals surface area contributed by atoms with Crippen LogP contribution in [0.3, 0.4) is 0 Å². The summed E-state index contributed by atoms with van der Waals surface area (Å²) in [5, 5.41) is 3.94. The summed E-state index contributed by atoms with van der Waals surface area (Å²) in [7, 11) is 0. The van der Waals surface area contributed by atoms with Crippen LogP contribution in [0.1, 0.15) is 29.1 Å². The van der Waals surface area contributed by atoms with Gasteiger partial charge in [0.1, 0.15) is 17.2 Å². The number of rotatable bonds is 8. The van der Waals surface area contributed by atoms with Crippen molar-refractivity contribution >= 4 is 27.5 Å². The second kappa shape index (κ2) is 8.78. The molecule has 0 aliphatic carbocycles. The number of nitrogens with zero attached hydrogens (tertiary/aromatic N) is 1. The van der Waals surface area contributed by atoms with E-state index in [1.165, 1.54) is 11.3 Å². The number of amides is 1. The van der Waals surface area contributed by atoms with Crippen molar-refractivity contribution in [1.29, 1.82) is 0 Å². The lowest BCUT2D eigenvalue weighted by molar-refractivity contribution is 0.0402. The van der Waals surface area contributed by atoms with Crippen molar-refractivity contribution < 1.29 is 14.3 Å². The smallest absolute Gasteiger partial charge is 0.261 e. The molecule has 26 heavy (non-hydrogen) atoms. The molecule has 0 radical (unpaired) electrons. The van der Waals surface area contributed by atoms with Crippen LogP contribution < -0.4 is 10.1 Å². The Labute approximate surface area is 157 Å². The van der Waals surface area contributed by atoms with Gasteiger partial charge in [-0.1, -0.05) is 18.2 Å². The molecular formula is C20H22N2O3S. The quantitative estimate of drug-likeness (QED) is 0.650. The molecule has 3 rings (SSSR count). The zero-order chi connectivity index (χ0) is 18.4. The van der Waals surface area contributed by atoms with Gasteiger partial charge in [-0.3, -0.25) is 4.79 Å². The maximum Gasteiger partial charge on any atom is 0.261 e. The van der Waals surface area contributed by atoms with Crippen LogP contribution in [0.2, 0.25) is 0 Å². The van der Waals surface area contributed by atoms with Crippen LogP contribution in [0.15, 0.2) is 48.7 Å². The van der Waals surface area contributed by atoms with Crippen molar-refractivity contribution in [1.82, 2.24) is 10.3 Å². The standard InChI is InChI=1S/C20H22N2O3S/c1-3-24-14(2)13-25-17-8-4-6-15(10-17)12-22-19(23)18-11-16-7-5-9-21-20(16)26-18/h4-11,14H,3,12-13H2,1-2H3,(H,22,23). The fraction of sp³-hybridized carbons (Fsp3) is 0.300. The third-order valence-corrected chi connectivity index (χ3v) is 4.86. The number of hydrogen-bond acceptors (Lipinski definition) is 5. The molecule has 6 heteroatoms. The number of ether oxygens (including phenoxy) is 2. The summed E-state index contributed by atoms with van der Waals surface area (Å²) in [6.07, 6.45) is 1.78. The number of fused-ring (bicyclic) bond motifs is 1. The number of carbonyl (C=O) groups excluding carboxylic acids is 1. The molecule has 3 aromatic rings. The van der Waals surface area contributed by atoms with Crippen LogP contribution >= 0.6 is 11.3 Å². The van der Waals surface area contributed by atoms with Crippen molar-refractivity contribution in [2.24, 2.45) is 0 Å². The molecule has 136 valence electrons. The van der Waals surface area contributed by atoms with Crippen LogP contribution in [0.5, 0.6) is 5.75 Å². The Bertz CT molecular complexity index is 845. The van der Waals surface area contributed by atoms with Crippen LogP contribution in [0.4, 0.5) is 0 Å². The topological polar surface area (TPSA) is 60.5 Å². The van der Waals surface area contributed by atoms with Crippen LogP contribution in [-0.4, -0.2) is 30.2 Å². The first kappa shape index (κ1) is 18.4. The van der Waals surface area contributed by atoms with Crippen LogP contribution in [-0.2, 0) is 11.3 Å². The van der Waals surface area contributed by atoms with Crippen LogP contribution in [0, 0.1) is 0 Å². The molecular weight excluding hydrogens is 348 g/mol. The Morgan fingerprint density at radius 3 is 2.96 bits per heavy atom. The van der Waals surface area contributed by atoms with Gasteiger partial charge in [-0.25, -0.2) is 4.98 Å². The molecule has 0 saturated heterocycles. The van der Waals surface area contributed by atoms with Crippen molar-refractivity contribution in [2.45, 2.75) is 26.5 Å². The van der Waals surface area contributed by atoms with Gasteiger partial charge in [0.05, 0.1) is 11.0 Å². The fourth-order valence-corrected chi connectivity index (χ4v) is 3.46. The van der Waals surface area contributed by atoms with E-state index in [-0.39, 0.29) is 12.0 Å². The SMILES string of the molecule is CCOC(C)COc1cccc(CNC(=O)c2cc3cccnc3s2)c1. The van der Waals surface area contributed by atoms with Gasteiger partial charge in [0.15, 0.2) is 0 Å². The molecule has 0 spiro atoms. The summed E-state index contributed by atoms with van der Waals surface area (Å²) in [4.78, 5) is 18.2.